The Morgan fingerprint density at radius 3 is 3.05 bits per heavy atom. The van der Waals surface area contributed by atoms with Crippen molar-refractivity contribution in [3.63, 3.8) is 0 Å². The molecule has 1 N–H and O–H groups in total. The van der Waals surface area contributed by atoms with E-state index in [9.17, 15) is 4.79 Å². The fraction of sp³-hybridized carbons (Fsp3) is 0.588. The standard InChI is InChI=1S/C17H23NO2/c1-4-20-16(19)13-6-5-12-10-15-11(2)17(3,7-8-18-15)14(12)9-13/h5-6,9,11,15,18H,4,7-8,10H2,1-3H3/t11?,15?,17-/m1/s1. The molecule has 2 aliphatic rings. The number of carbonyl (C=O) groups is 1. The number of benzene rings is 1. The maximum atomic E-state index is 12.0. The summed E-state index contributed by atoms with van der Waals surface area (Å²) in [5, 5.41) is 3.63. The molecule has 2 unspecified atom stereocenters. The lowest BCUT2D eigenvalue weighted by molar-refractivity contribution is 0.0525. The van der Waals surface area contributed by atoms with E-state index < -0.39 is 0 Å². The third kappa shape index (κ3) is 1.96. The first-order valence-corrected chi connectivity index (χ1v) is 7.60. The van der Waals surface area contributed by atoms with Gasteiger partial charge in [0.1, 0.15) is 0 Å². The highest BCUT2D eigenvalue weighted by Gasteiger charge is 2.45. The number of carbonyl (C=O) groups excluding carboxylic acids is 1. The number of hydrogen-bond donors (Lipinski definition) is 1. The maximum Gasteiger partial charge on any atom is 0.338 e. The largest absolute Gasteiger partial charge is 0.462 e. The van der Waals surface area contributed by atoms with Gasteiger partial charge in [0.25, 0.3) is 0 Å². The van der Waals surface area contributed by atoms with E-state index in [1.54, 1.807) is 0 Å². The van der Waals surface area contributed by atoms with Crippen LogP contribution in [0, 0.1) is 5.92 Å². The zero-order valence-electron chi connectivity index (χ0n) is 12.5. The lowest BCUT2D eigenvalue weighted by Crippen LogP contribution is -2.56. The normalized spacial score (nSPS) is 31.6. The van der Waals surface area contributed by atoms with E-state index in [1.807, 2.05) is 13.0 Å². The first kappa shape index (κ1) is 13.6. The van der Waals surface area contributed by atoms with Gasteiger partial charge < -0.3 is 10.1 Å². The molecule has 1 aromatic carbocycles. The van der Waals surface area contributed by atoms with Gasteiger partial charge in [-0.05, 0) is 60.9 Å². The van der Waals surface area contributed by atoms with E-state index in [0.717, 1.165) is 19.4 Å². The van der Waals surface area contributed by atoms with E-state index in [1.165, 1.54) is 11.1 Å². The summed E-state index contributed by atoms with van der Waals surface area (Å²) < 4.78 is 5.13. The highest BCUT2D eigenvalue weighted by Crippen LogP contribution is 2.46. The number of piperidine rings is 1. The smallest absolute Gasteiger partial charge is 0.338 e. The minimum atomic E-state index is -0.206. The minimum absolute atomic E-state index is 0.173. The molecular weight excluding hydrogens is 250 g/mol. The molecule has 0 radical (unpaired) electrons. The van der Waals surface area contributed by atoms with Gasteiger partial charge in [0.15, 0.2) is 0 Å². The van der Waals surface area contributed by atoms with E-state index in [4.69, 9.17) is 4.74 Å². The van der Waals surface area contributed by atoms with Crippen molar-refractivity contribution < 1.29 is 9.53 Å². The topological polar surface area (TPSA) is 38.3 Å². The molecule has 108 valence electrons. The second kappa shape index (κ2) is 4.88. The third-order valence-electron chi connectivity index (χ3n) is 5.34. The van der Waals surface area contributed by atoms with Crippen molar-refractivity contribution in [3.8, 4) is 0 Å². The van der Waals surface area contributed by atoms with Gasteiger partial charge >= 0.3 is 5.97 Å². The summed E-state index contributed by atoms with van der Waals surface area (Å²) in [7, 11) is 0. The molecule has 1 fully saturated rings. The Hall–Kier alpha value is -1.35. The lowest BCUT2D eigenvalue weighted by atomic mass is 9.59. The maximum absolute atomic E-state index is 12.0. The van der Waals surface area contributed by atoms with Crippen LogP contribution in [0.2, 0.25) is 0 Å². The van der Waals surface area contributed by atoms with Crippen LogP contribution >= 0.6 is 0 Å². The van der Waals surface area contributed by atoms with Gasteiger partial charge in [0.05, 0.1) is 12.2 Å². The van der Waals surface area contributed by atoms with Gasteiger partial charge in [0, 0.05) is 6.04 Å². The van der Waals surface area contributed by atoms with Gasteiger partial charge in [-0.2, -0.15) is 0 Å². The predicted octanol–water partition coefficient (Wildman–Crippen LogP) is 2.68. The Kier molecular flexibility index (Phi) is 3.33. The van der Waals surface area contributed by atoms with Crippen molar-refractivity contribution in [2.45, 2.75) is 45.1 Å². The molecule has 0 amide bonds. The van der Waals surface area contributed by atoms with E-state index in [0.29, 0.717) is 24.1 Å². The van der Waals surface area contributed by atoms with Crippen LogP contribution in [0.3, 0.4) is 0 Å². The molecule has 3 rings (SSSR count). The van der Waals surface area contributed by atoms with Crippen molar-refractivity contribution >= 4 is 5.97 Å². The predicted molar refractivity (Wildman–Crippen MR) is 79.0 cm³/mol. The highest BCUT2D eigenvalue weighted by molar-refractivity contribution is 5.89. The number of nitrogens with one attached hydrogen (secondary N) is 1. The van der Waals surface area contributed by atoms with Crippen molar-refractivity contribution in [1.82, 2.24) is 5.32 Å². The third-order valence-corrected chi connectivity index (χ3v) is 5.34. The molecule has 2 bridgehead atoms. The summed E-state index contributed by atoms with van der Waals surface area (Å²) >= 11 is 0. The van der Waals surface area contributed by atoms with Crippen LogP contribution in [0.1, 0.15) is 48.7 Å². The first-order chi connectivity index (χ1) is 9.56. The van der Waals surface area contributed by atoms with Crippen LogP contribution in [-0.4, -0.2) is 25.2 Å². The molecule has 0 aromatic heterocycles. The Balaban J connectivity index is 2.04. The van der Waals surface area contributed by atoms with Crippen LogP contribution in [0.15, 0.2) is 18.2 Å². The van der Waals surface area contributed by atoms with Gasteiger partial charge in [0.2, 0.25) is 0 Å². The molecule has 0 saturated carbocycles. The molecule has 20 heavy (non-hydrogen) atoms. The van der Waals surface area contributed by atoms with Gasteiger partial charge in [-0.1, -0.05) is 19.9 Å². The molecule has 1 aliphatic carbocycles. The summed E-state index contributed by atoms with van der Waals surface area (Å²) in [6.45, 7) is 8.01. The number of esters is 1. The molecule has 3 nitrogen and oxygen atoms in total. The second-order valence-corrected chi connectivity index (χ2v) is 6.31. The minimum Gasteiger partial charge on any atom is -0.462 e. The fourth-order valence-corrected chi connectivity index (χ4v) is 3.86. The zero-order valence-corrected chi connectivity index (χ0v) is 12.5. The Morgan fingerprint density at radius 2 is 2.30 bits per heavy atom. The summed E-state index contributed by atoms with van der Waals surface area (Å²) in [5.41, 5.74) is 3.60. The molecule has 1 saturated heterocycles. The molecule has 0 spiro atoms. The summed E-state index contributed by atoms with van der Waals surface area (Å²) in [6.07, 6.45) is 2.19. The molecule has 3 heteroatoms. The quantitative estimate of drug-likeness (QED) is 0.842. The van der Waals surface area contributed by atoms with Crippen LogP contribution < -0.4 is 5.32 Å². The molecule has 3 atom stereocenters. The SMILES string of the molecule is CCOC(=O)c1ccc2c(c1)[C@]1(C)CCNC(C2)C1C. The number of rotatable bonds is 2. The van der Waals surface area contributed by atoms with Crippen LogP contribution in [0.25, 0.3) is 0 Å². The monoisotopic (exact) mass is 273 g/mol. The van der Waals surface area contributed by atoms with Crippen LogP contribution in [0.4, 0.5) is 0 Å². The van der Waals surface area contributed by atoms with Gasteiger partial charge in [-0.25, -0.2) is 4.79 Å². The highest BCUT2D eigenvalue weighted by atomic mass is 16.5. The molecule has 1 heterocycles. The van der Waals surface area contributed by atoms with Crippen molar-refractivity contribution in [1.29, 1.82) is 0 Å². The summed E-state index contributed by atoms with van der Waals surface area (Å²) in [5.74, 6) is 0.392. The van der Waals surface area contributed by atoms with Crippen molar-refractivity contribution in [3.05, 3.63) is 34.9 Å². The number of ether oxygens (including phenoxy) is 1. The number of hydrogen-bond acceptors (Lipinski definition) is 3. The van der Waals surface area contributed by atoms with E-state index in [-0.39, 0.29) is 11.4 Å². The van der Waals surface area contributed by atoms with E-state index >= 15 is 0 Å². The van der Waals surface area contributed by atoms with Crippen LogP contribution in [-0.2, 0) is 16.6 Å². The van der Waals surface area contributed by atoms with Crippen molar-refractivity contribution in [2.24, 2.45) is 5.92 Å². The number of fused-ring (bicyclic) bond motifs is 4. The van der Waals surface area contributed by atoms with E-state index in [2.05, 4.69) is 31.3 Å². The van der Waals surface area contributed by atoms with Crippen LogP contribution in [0.5, 0.6) is 0 Å². The molecular formula is C17H23NO2. The Labute approximate surface area is 120 Å². The zero-order chi connectivity index (χ0) is 14.3. The Morgan fingerprint density at radius 1 is 1.50 bits per heavy atom. The van der Waals surface area contributed by atoms with Gasteiger partial charge in [-0.3, -0.25) is 0 Å². The fourth-order valence-electron chi connectivity index (χ4n) is 3.86. The summed E-state index contributed by atoms with van der Waals surface area (Å²) in [4.78, 5) is 12.0. The molecule has 1 aliphatic heterocycles. The average Bonchev–Trinajstić information content (AvgIpc) is 2.42. The Bertz CT molecular complexity index is 540. The second-order valence-electron chi connectivity index (χ2n) is 6.31. The molecule has 1 aromatic rings. The summed E-state index contributed by atoms with van der Waals surface area (Å²) in [6, 6.07) is 6.66. The first-order valence-electron chi connectivity index (χ1n) is 7.60. The lowest BCUT2D eigenvalue weighted by Gasteiger charge is -2.50. The average molecular weight is 273 g/mol. The van der Waals surface area contributed by atoms with Crippen molar-refractivity contribution in [2.75, 3.05) is 13.2 Å². The van der Waals surface area contributed by atoms with Gasteiger partial charge in [-0.15, -0.1) is 0 Å².